The molecule has 3 rings (SSSR count). The summed E-state index contributed by atoms with van der Waals surface area (Å²) in [5.74, 6) is 0.899. The number of carbonyl (C=O) groups is 2. The molecule has 2 amide bonds. The van der Waals surface area contributed by atoms with Gasteiger partial charge in [-0.05, 0) is 32.1 Å². The van der Waals surface area contributed by atoms with Crippen LogP contribution in [0.15, 0.2) is 24.3 Å². The molecule has 0 spiro atoms. The van der Waals surface area contributed by atoms with Crippen molar-refractivity contribution in [3.05, 3.63) is 29.8 Å². The number of carbonyl (C=O) groups excluding carboxylic acids is 2. The van der Waals surface area contributed by atoms with E-state index in [4.69, 9.17) is 4.74 Å². The van der Waals surface area contributed by atoms with Crippen LogP contribution in [-0.2, 0) is 16.0 Å². The Balaban J connectivity index is 1.47. The minimum Gasteiger partial charge on any atom is -0.486 e. The molecule has 0 N–H and O–H groups in total. The van der Waals surface area contributed by atoms with Gasteiger partial charge in [-0.2, -0.15) is 0 Å². The number of aryl methyl sites for hydroxylation is 1. The third-order valence-electron chi connectivity index (χ3n) is 5.19. The van der Waals surface area contributed by atoms with Gasteiger partial charge in [0, 0.05) is 26.1 Å². The summed E-state index contributed by atoms with van der Waals surface area (Å²) in [5, 5.41) is 0. The number of amides is 2. The lowest BCUT2D eigenvalue weighted by Gasteiger charge is -2.40. The number of likely N-dealkylation sites (N-methyl/N-ethyl adjacent to an activating group) is 1. The normalized spacial score (nSPS) is 20.6. The molecule has 0 saturated carbocycles. The fourth-order valence-corrected chi connectivity index (χ4v) is 3.52. The molecule has 0 aromatic heterocycles. The number of hydrogen-bond acceptors (Lipinski definition) is 4. The fourth-order valence-electron chi connectivity index (χ4n) is 3.52. The Morgan fingerprint density at radius 1 is 1.23 bits per heavy atom. The van der Waals surface area contributed by atoms with Crippen molar-refractivity contribution >= 4 is 11.8 Å². The van der Waals surface area contributed by atoms with Crippen LogP contribution < -0.4 is 4.74 Å². The minimum absolute atomic E-state index is 0.0496. The summed E-state index contributed by atoms with van der Waals surface area (Å²) in [5.41, 5.74) is 1.19. The third-order valence-corrected chi connectivity index (χ3v) is 5.19. The number of hydrogen-bond donors (Lipinski definition) is 0. The predicted molar refractivity (Wildman–Crippen MR) is 100 cm³/mol. The molecule has 1 unspecified atom stereocenters. The van der Waals surface area contributed by atoms with Crippen molar-refractivity contribution in [2.45, 2.75) is 25.9 Å². The monoisotopic (exact) mass is 359 g/mol. The SMILES string of the molecule is CCc1ccccc1OC1CN(C(=O)C2CC(=O)N(CCN(C)C)C2)C1. The molecule has 1 atom stereocenters. The zero-order valence-corrected chi connectivity index (χ0v) is 16.0. The summed E-state index contributed by atoms with van der Waals surface area (Å²) >= 11 is 0. The van der Waals surface area contributed by atoms with E-state index in [1.54, 1.807) is 0 Å². The Hall–Kier alpha value is -2.08. The van der Waals surface area contributed by atoms with Crippen molar-refractivity contribution in [1.29, 1.82) is 0 Å². The molecule has 0 aliphatic carbocycles. The predicted octanol–water partition coefficient (Wildman–Crippen LogP) is 1.25. The van der Waals surface area contributed by atoms with Gasteiger partial charge in [0.25, 0.3) is 0 Å². The second-order valence-electron chi connectivity index (χ2n) is 7.49. The van der Waals surface area contributed by atoms with E-state index in [2.05, 4.69) is 13.0 Å². The maximum atomic E-state index is 12.7. The van der Waals surface area contributed by atoms with Gasteiger partial charge >= 0.3 is 0 Å². The van der Waals surface area contributed by atoms with Gasteiger partial charge in [-0.1, -0.05) is 25.1 Å². The van der Waals surface area contributed by atoms with Gasteiger partial charge in [-0.3, -0.25) is 9.59 Å². The topological polar surface area (TPSA) is 53.1 Å². The van der Waals surface area contributed by atoms with Crippen molar-refractivity contribution < 1.29 is 14.3 Å². The lowest BCUT2D eigenvalue weighted by Crippen LogP contribution is -2.57. The van der Waals surface area contributed by atoms with Gasteiger partial charge in [0.1, 0.15) is 11.9 Å². The number of para-hydroxylation sites is 1. The fraction of sp³-hybridized carbons (Fsp3) is 0.600. The molecule has 1 aromatic rings. The van der Waals surface area contributed by atoms with E-state index in [9.17, 15) is 9.59 Å². The van der Waals surface area contributed by atoms with E-state index in [0.717, 1.165) is 18.7 Å². The standard InChI is InChI=1S/C20H29N3O3/c1-4-15-7-5-6-8-18(15)26-17-13-23(14-17)20(25)16-11-19(24)22(12-16)10-9-21(2)3/h5-8,16-17H,4,9-14H2,1-3H3. The average Bonchev–Trinajstić information content (AvgIpc) is 2.96. The van der Waals surface area contributed by atoms with Crippen LogP contribution in [0.25, 0.3) is 0 Å². The highest BCUT2D eigenvalue weighted by atomic mass is 16.5. The zero-order valence-electron chi connectivity index (χ0n) is 16.0. The molecule has 2 heterocycles. The quantitative estimate of drug-likeness (QED) is 0.735. The Morgan fingerprint density at radius 2 is 1.96 bits per heavy atom. The van der Waals surface area contributed by atoms with E-state index >= 15 is 0 Å². The minimum atomic E-state index is -0.200. The molecule has 0 radical (unpaired) electrons. The summed E-state index contributed by atoms with van der Waals surface area (Å²) in [4.78, 5) is 30.5. The Bertz CT molecular complexity index is 655. The summed E-state index contributed by atoms with van der Waals surface area (Å²) in [6, 6.07) is 8.05. The number of ether oxygens (including phenoxy) is 1. The molecule has 142 valence electrons. The van der Waals surface area contributed by atoms with Gasteiger partial charge in [0.2, 0.25) is 11.8 Å². The molecule has 2 fully saturated rings. The van der Waals surface area contributed by atoms with Crippen LogP contribution in [-0.4, -0.2) is 79.4 Å². The number of nitrogens with zero attached hydrogens (tertiary/aromatic N) is 3. The van der Waals surface area contributed by atoms with Crippen molar-refractivity contribution in [3.63, 3.8) is 0 Å². The third kappa shape index (κ3) is 4.18. The van der Waals surface area contributed by atoms with Crippen molar-refractivity contribution in [2.24, 2.45) is 5.92 Å². The molecule has 26 heavy (non-hydrogen) atoms. The second kappa shape index (κ2) is 8.08. The Morgan fingerprint density at radius 3 is 2.65 bits per heavy atom. The van der Waals surface area contributed by atoms with Gasteiger partial charge in [0.05, 0.1) is 19.0 Å². The molecule has 1 aromatic carbocycles. The summed E-state index contributed by atoms with van der Waals surface area (Å²) in [7, 11) is 3.97. The van der Waals surface area contributed by atoms with Crippen molar-refractivity contribution in [2.75, 3.05) is 46.8 Å². The summed E-state index contributed by atoms with van der Waals surface area (Å²) in [6.45, 7) is 5.39. The van der Waals surface area contributed by atoms with E-state index < -0.39 is 0 Å². The number of benzene rings is 1. The lowest BCUT2D eigenvalue weighted by molar-refractivity contribution is -0.144. The second-order valence-corrected chi connectivity index (χ2v) is 7.49. The van der Waals surface area contributed by atoms with E-state index in [0.29, 0.717) is 32.6 Å². The van der Waals surface area contributed by atoms with Crippen LogP contribution >= 0.6 is 0 Å². The molecule has 0 bridgehead atoms. The van der Waals surface area contributed by atoms with Crippen LogP contribution in [0.3, 0.4) is 0 Å². The maximum absolute atomic E-state index is 12.7. The van der Waals surface area contributed by atoms with E-state index in [1.165, 1.54) is 5.56 Å². The van der Waals surface area contributed by atoms with E-state index in [-0.39, 0.29) is 23.8 Å². The summed E-state index contributed by atoms with van der Waals surface area (Å²) < 4.78 is 6.05. The van der Waals surface area contributed by atoms with Crippen LogP contribution in [0.4, 0.5) is 0 Å². The van der Waals surface area contributed by atoms with Gasteiger partial charge in [-0.15, -0.1) is 0 Å². The summed E-state index contributed by atoms with van der Waals surface area (Å²) in [6.07, 6.45) is 1.32. The highest BCUT2D eigenvalue weighted by Crippen LogP contribution is 2.26. The first-order chi connectivity index (χ1) is 12.5. The molecular weight excluding hydrogens is 330 g/mol. The maximum Gasteiger partial charge on any atom is 0.228 e. The van der Waals surface area contributed by atoms with Gasteiger partial charge in [-0.25, -0.2) is 0 Å². The number of rotatable bonds is 7. The first kappa shape index (κ1) is 18.7. The molecule has 2 aliphatic rings. The highest BCUT2D eigenvalue weighted by Gasteiger charge is 2.41. The van der Waals surface area contributed by atoms with E-state index in [1.807, 2.05) is 47.0 Å². The highest BCUT2D eigenvalue weighted by molar-refractivity contribution is 5.89. The lowest BCUT2D eigenvalue weighted by atomic mass is 10.0. The van der Waals surface area contributed by atoms with Crippen molar-refractivity contribution in [1.82, 2.24) is 14.7 Å². The van der Waals surface area contributed by atoms with Crippen LogP contribution in [0.5, 0.6) is 5.75 Å². The Kier molecular flexibility index (Phi) is 5.81. The van der Waals surface area contributed by atoms with Gasteiger partial charge < -0.3 is 19.4 Å². The first-order valence-corrected chi connectivity index (χ1v) is 9.43. The molecular formula is C20H29N3O3. The molecule has 6 heteroatoms. The molecule has 2 saturated heterocycles. The average molecular weight is 359 g/mol. The molecule has 6 nitrogen and oxygen atoms in total. The van der Waals surface area contributed by atoms with Crippen LogP contribution in [0.1, 0.15) is 18.9 Å². The van der Waals surface area contributed by atoms with Crippen molar-refractivity contribution in [3.8, 4) is 5.75 Å². The van der Waals surface area contributed by atoms with Crippen LogP contribution in [0.2, 0.25) is 0 Å². The largest absolute Gasteiger partial charge is 0.486 e. The number of likely N-dealkylation sites (tertiary alicyclic amines) is 2. The smallest absolute Gasteiger partial charge is 0.228 e. The van der Waals surface area contributed by atoms with Gasteiger partial charge in [0.15, 0.2) is 0 Å². The van der Waals surface area contributed by atoms with Crippen LogP contribution in [0, 0.1) is 5.92 Å². The first-order valence-electron chi connectivity index (χ1n) is 9.43. The Labute approximate surface area is 155 Å². The molecule has 2 aliphatic heterocycles. The zero-order chi connectivity index (χ0) is 18.7.